The molecule has 1 fully saturated rings. The third-order valence-corrected chi connectivity index (χ3v) is 6.20. The molecule has 1 aliphatic rings. The van der Waals surface area contributed by atoms with Crippen molar-refractivity contribution in [3.05, 3.63) is 47.3 Å². The van der Waals surface area contributed by atoms with Crippen molar-refractivity contribution in [1.82, 2.24) is 15.0 Å². The topological polar surface area (TPSA) is 102 Å². The average Bonchev–Trinajstić information content (AvgIpc) is 2.85. The number of nitrogens with two attached hydrogens (primary N) is 1. The molecule has 1 aliphatic heterocycles. The number of hydrogen-bond donors (Lipinski definition) is 1. The number of ether oxygens (including phenoxy) is 1. The predicted octanol–water partition coefficient (Wildman–Crippen LogP) is 3.89. The van der Waals surface area contributed by atoms with Gasteiger partial charge >= 0.3 is 0 Å². The highest BCUT2D eigenvalue weighted by Crippen LogP contribution is 2.25. The van der Waals surface area contributed by atoms with Crippen LogP contribution in [0.25, 0.3) is 0 Å². The summed E-state index contributed by atoms with van der Waals surface area (Å²) in [4.78, 5) is 35.2. The van der Waals surface area contributed by atoms with Crippen LogP contribution in [0.3, 0.4) is 0 Å². The number of aryl methyl sites for hydroxylation is 1. The van der Waals surface area contributed by atoms with Crippen LogP contribution in [0, 0.1) is 23.5 Å². The van der Waals surface area contributed by atoms with E-state index in [4.69, 9.17) is 10.6 Å². The zero-order valence-electron chi connectivity index (χ0n) is 20.5. The number of aromatic nitrogens is 2. The molecule has 10 heteroatoms. The quantitative estimate of drug-likeness (QED) is 0.247. The zero-order valence-corrected chi connectivity index (χ0v) is 20.5. The van der Waals surface area contributed by atoms with Gasteiger partial charge in [0.1, 0.15) is 22.9 Å². The standard InChI is InChI=1S/C25H33F2N5O3/c1-4-17-14-29-25(30-15-17)31-9-7-18(8-10-31)6-5-11-35-19-12-20(26)22(21(27)13-19)24(34)32(28)23(33)16(2)3/h12-16,18H,4-11,28H2,1-3H3. The van der Waals surface area contributed by atoms with E-state index in [2.05, 4.69) is 21.8 Å². The third kappa shape index (κ3) is 6.72. The van der Waals surface area contributed by atoms with Gasteiger partial charge in [0, 0.05) is 43.5 Å². The van der Waals surface area contributed by atoms with Crippen molar-refractivity contribution in [1.29, 1.82) is 0 Å². The Kier molecular flexibility index (Phi) is 9.08. The number of hydrogen-bond acceptors (Lipinski definition) is 7. The highest BCUT2D eigenvalue weighted by molar-refractivity contribution is 6.04. The maximum atomic E-state index is 14.5. The summed E-state index contributed by atoms with van der Waals surface area (Å²) in [5.41, 5.74) is 0.237. The molecule has 3 rings (SSSR count). The zero-order chi connectivity index (χ0) is 25.5. The lowest BCUT2D eigenvalue weighted by atomic mass is 9.92. The molecule has 0 atom stereocenters. The largest absolute Gasteiger partial charge is 0.493 e. The summed E-state index contributed by atoms with van der Waals surface area (Å²) >= 11 is 0. The van der Waals surface area contributed by atoms with E-state index in [0.717, 1.165) is 68.8 Å². The van der Waals surface area contributed by atoms with Gasteiger partial charge in [-0.15, -0.1) is 0 Å². The second-order valence-corrected chi connectivity index (χ2v) is 9.10. The number of hydrazine groups is 1. The van der Waals surface area contributed by atoms with Crippen LogP contribution in [0.4, 0.5) is 14.7 Å². The summed E-state index contributed by atoms with van der Waals surface area (Å²) in [5.74, 6) is 1.92. The van der Waals surface area contributed by atoms with Crippen molar-refractivity contribution >= 4 is 17.8 Å². The van der Waals surface area contributed by atoms with Crippen LogP contribution < -0.4 is 15.5 Å². The lowest BCUT2D eigenvalue weighted by Gasteiger charge is -2.32. The van der Waals surface area contributed by atoms with Gasteiger partial charge in [-0.3, -0.25) is 9.59 Å². The minimum atomic E-state index is -1.23. The fraction of sp³-hybridized carbons (Fsp3) is 0.520. The van der Waals surface area contributed by atoms with Gasteiger partial charge in [-0.25, -0.2) is 29.6 Å². The minimum Gasteiger partial charge on any atom is -0.493 e. The Bertz CT molecular complexity index is 1000. The second-order valence-electron chi connectivity index (χ2n) is 9.10. The molecular weight excluding hydrogens is 456 g/mol. The van der Waals surface area contributed by atoms with Crippen LogP contribution in [0.15, 0.2) is 24.5 Å². The summed E-state index contributed by atoms with van der Waals surface area (Å²) in [6, 6.07) is 1.87. The molecule has 2 amide bonds. The Morgan fingerprint density at radius 1 is 1.17 bits per heavy atom. The van der Waals surface area contributed by atoms with Gasteiger partial charge in [-0.1, -0.05) is 20.8 Å². The molecule has 2 heterocycles. The molecule has 35 heavy (non-hydrogen) atoms. The lowest BCUT2D eigenvalue weighted by molar-refractivity contribution is -0.132. The first-order valence-corrected chi connectivity index (χ1v) is 12.0. The summed E-state index contributed by atoms with van der Waals surface area (Å²) in [6.45, 7) is 7.20. The van der Waals surface area contributed by atoms with Crippen LogP contribution in [0.1, 0.15) is 62.4 Å². The van der Waals surface area contributed by atoms with E-state index >= 15 is 0 Å². The van der Waals surface area contributed by atoms with Gasteiger partial charge in [0.15, 0.2) is 0 Å². The van der Waals surface area contributed by atoms with Crippen LogP contribution in [-0.4, -0.2) is 46.5 Å². The molecule has 0 aliphatic carbocycles. The number of imide groups is 1. The molecule has 1 saturated heterocycles. The molecule has 0 radical (unpaired) electrons. The maximum absolute atomic E-state index is 14.5. The molecule has 1 aromatic carbocycles. The van der Waals surface area contributed by atoms with Crippen LogP contribution in [0.2, 0.25) is 0 Å². The molecule has 0 saturated carbocycles. The van der Waals surface area contributed by atoms with Gasteiger partial charge < -0.3 is 9.64 Å². The number of nitrogens with zero attached hydrogens (tertiary/aromatic N) is 4. The van der Waals surface area contributed by atoms with E-state index < -0.39 is 34.9 Å². The summed E-state index contributed by atoms with van der Waals surface area (Å²) in [6.07, 6.45) is 8.36. The monoisotopic (exact) mass is 489 g/mol. The first-order valence-electron chi connectivity index (χ1n) is 12.0. The lowest BCUT2D eigenvalue weighted by Crippen LogP contribution is -2.45. The number of halogens is 2. The van der Waals surface area contributed by atoms with Crippen molar-refractivity contribution in [3.63, 3.8) is 0 Å². The normalized spacial score (nSPS) is 14.3. The van der Waals surface area contributed by atoms with Gasteiger partial charge in [-0.2, -0.15) is 0 Å². The van der Waals surface area contributed by atoms with Crippen LogP contribution >= 0.6 is 0 Å². The number of benzene rings is 1. The maximum Gasteiger partial charge on any atom is 0.280 e. The Balaban J connectivity index is 1.45. The van der Waals surface area contributed by atoms with Crippen LogP contribution in [0.5, 0.6) is 5.75 Å². The SMILES string of the molecule is CCc1cnc(N2CCC(CCCOc3cc(F)c(C(=O)N(N)C(=O)C(C)C)c(F)c3)CC2)nc1. The Morgan fingerprint density at radius 2 is 1.77 bits per heavy atom. The number of piperidine rings is 1. The summed E-state index contributed by atoms with van der Waals surface area (Å²) in [5, 5.41) is 0.240. The molecule has 0 bridgehead atoms. The van der Waals surface area contributed by atoms with Crippen molar-refractivity contribution in [2.24, 2.45) is 17.7 Å². The summed E-state index contributed by atoms with van der Waals surface area (Å²) in [7, 11) is 0. The van der Waals surface area contributed by atoms with Crippen molar-refractivity contribution in [2.45, 2.75) is 52.9 Å². The molecule has 190 valence electrons. The number of amides is 2. The third-order valence-electron chi connectivity index (χ3n) is 6.20. The fourth-order valence-electron chi connectivity index (χ4n) is 4.01. The first kappa shape index (κ1) is 26.5. The van der Waals surface area contributed by atoms with Crippen molar-refractivity contribution < 1.29 is 23.1 Å². The van der Waals surface area contributed by atoms with E-state index in [1.165, 1.54) is 13.8 Å². The number of rotatable bonds is 9. The Morgan fingerprint density at radius 3 is 2.31 bits per heavy atom. The number of anilines is 1. The molecule has 8 nitrogen and oxygen atoms in total. The van der Waals surface area contributed by atoms with Crippen molar-refractivity contribution in [3.8, 4) is 5.75 Å². The highest BCUT2D eigenvalue weighted by atomic mass is 19.1. The molecule has 0 spiro atoms. The number of carbonyl (C=O) groups is 2. The second kappa shape index (κ2) is 12.0. The molecule has 2 aromatic rings. The molecule has 1 aromatic heterocycles. The van der Waals surface area contributed by atoms with Gasteiger partial charge in [0.05, 0.1) is 6.61 Å². The van der Waals surface area contributed by atoms with Gasteiger partial charge in [0.2, 0.25) is 11.9 Å². The van der Waals surface area contributed by atoms with E-state index in [0.29, 0.717) is 12.5 Å². The van der Waals surface area contributed by atoms with E-state index in [-0.39, 0.29) is 10.8 Å². The molecule has 0 unspecified atom stereocenters. The molecular formula is C25H33F2N5O3. The minimum absolute atomic E-state index is 0.0159. The Hall–Kier alpha value is -3.14. The fourth-order valence-corrected chi connectivity index (χ4v) is 4.01. The highest BCUT2D eigenvalue weighted by Gasteiger charge is 2.28. The van der Waals surface area contributed by atoms with E-state index in [1.54, 1.807) is 0 Å². The first-order chi connectivity index (χ1) is 16.7. The van der Waals surface area contributed by atoms with Crippen LogP contribution in [-0.2, 0) is 11.2 Å². The van der Waals surface area contributed by atoms with E-state index in [1.807, 2.05) is 12.4 Å². The van der Waals surface area contributed by atoms with Gasteiger partial charge in [0.25, 0.3) is 5.91 Å². The van der Waals surface area contributed by atoms with E-state index in [9.17, 15) is 18.4 Å². The average molecular weight is 490 g/mol. The predicted molar refractivity (Wildman–Crippen MR) is 128 cm³/mol. The van der Waals surface area contributed by atoms with Crippen molar-refractivity contribution in [2.75, 3.05) is 24.6 Å². The smallest absolute Gasteiger partial charge is 0.280 e. The summed E-state index contributed by atoms with van der Waals surface area (Å²) < 4.78 is 34.4. The molecule has 2 N–H and O–H groups in total. The van der Waals surface area contributed by atoms with Gasteiger partial charge in [-0.05, 0) is 43.6 Å². The Labute approximate surface area is 204 Å². The number of carbonyl (C=O) groups excluding carboxylic acids is 2.